The van der Waals surface area contributed by atoms with Gasteiger partial charge in [0.2, 0.25) is 0 Å². The van der Waals surface area contributed by atoms with Crippen molar-refractivity contribution in [3.8, 4) is 0 Å². The van der Waals surface area contributed by atoms with Gasteiger partial charge in [0.1, 0.15) is 0 Å². The molecule has 1 aliphatic heterocycles. The molecule has 2 amide bonds. The lowest BCUT2D eigenvalue weighted by Crippen LogP contribution is -2.38. The molecule has 4 heteroatoms. The Morgan fingerprint density at radius 3 is 2.62 bits per heavy atom. The molecule has 2 N–H and O–H groups in total. The van der Waals surface area contributed by atoms with E-state index in [0.717, 1.165) is 32.4 Å². The van der Waals surface area contributed by atoms with Crippen molar-refractivity contribution in [3.05, 3.63) is 0 Å². The summed E-state index contributed by atoms with van der Waals surface area (Å²) in [7, 11) is 1.90. The monoisotopic (exact) mass is 227 g/mol. The standard InChI is InChI=1S/C12H25N3O/c1-5-6-10-9-15(11(16)14(10)4)8-7-12(2,3)13/h10H,5-9,13H2,1-4H3. The van der Waals surface area contributed by atoms with Gasteiger partial charge in [-0.1, -0.05) is 13.3 Å². The number of carbonyl (C=O) groups excluding carboxylic acids is 1. The molecule has 0 aromatic heterocycles. The molecule has 0 bridgehead atoms. The number of nitrogens with zero attached hydrogens (tertiary/aromatic N) is 2. The van der Waals surface area contributed by atoms with Crippen LogP contribution in [0.2, 0.25) is 0 Å². The van der Waals surface area contributed by atoms with Crippen molar-refractivity contribution in [2.45, 2.75) is 51.6 Å². The summed E-state index contributed by atoms with van der Waals surface area (Å²) in [5, 5.41) is 0. The normalized spacial score (nSPS) is 22.1. The minimum absolute atomic E-state index is 0.155. The molecule has 1 saturated heterocycles. The number of hydrogen-bond acceptors (Lipinski definition) is 2. The van der Waals surface area contributed by atoms with Crippen LogP contribution < -0.4 is 5.73 Å². The summed E-state index contributed by atoms with van der Waals surface area (Å²) in [5.74, 6) is 0. The Morgan fingerprint density at radius 1 is 1.50 bits per heavy atom. The lowest BCUT2D eigenvalue weighted by atomic mass is 10.0. The lowest BCUT2D eigenvalue weighted by molar-refractivity contribution is 0.192. The zero-order valence-electron chi connectivity index (χ0n) is 11.0. The van der Waals surface area contributed by atoms with E-state index in [2.05, 4.69) is 6.92 Å². The summed E-state index contributed by atoms with van der Waals surface area (Å²) < 4.78 is 0. The molecule has 1 heterocycles. The molecule has 16 heavy (non-hydrogen) atoms. The van der Waals surface area contributed by atoms with E-state index in [0.29, 0.717) is 6.04 Å². The van der Waals surface area contributed by atoms with Gasteiger partial charge in [0.15, 0.2) is 0 Å². The summed E-state index contributed by atoms with van der Waals surface area (Å²) in [6, 6.07) is 0.543. The molecule has 0 aromatic rings. The van der Waals surface area contributed by atoms with Gasteiger partial charge in [0, 0.05) is 25.7 Å². The first-order valence-electron chi connectivity index (χ1n) is 6.16. The van der Waals surface area contributed by atoms with Crippen molar-refractivity contribution in [1.82, 2.24) is 9.80 Å². The summed E-state index contributed by atoms with van der Waals surface area (Å²) in [6.07, 6.45) is 3.06. The largest absolute Gasteiger partial charge is 0.325 e. The van der Waals surface area contributed by atoms with E-state index in [1.54, 1.807) is 0 Å². The molecular formula is C12H25N3O. The summed E-state index contributed by atoms with van der Waals surface area (Å²) >= 11 is 0. The van der Waals surface area contributed by atoms with E-state index < -0.39 is 0 Å². The highest BCUT2D eigenvalue weighted by atomic mass is 16.2. The van der Waals surface area contributed by atoms with Gasteiger partial charge in [-0.2, -0.15) is 0 Å². The number of nitrogens with two attached hydrogens (primary N) is 1. The fourth-order valence-corrected chi connectivity index (χ4v) is 2.06. The quantitative estimate of drug-likeness (QED) is 0.776. The third kappa shape index (κ3) is 3.37. The molecule has 0 spiro atoms. The third-order valence-electron chi connectivity index (χ3n) is 3.20. The average molecular weight is 227 g/mol. The van der Waals surface area contributed by atoms with Gasteiger partial charge >= 0.3 is 6.03 Å². The first-order valence-corrected chi connectivity index (χ1v) is 6.16. The van der Waals surface area contributed by atoms with Gasteiger partial charge in [0.05, 0.1) is 6.04 Å². The summed E-state index contributed by atoms with van der Waals surface area (Å²) in [5.41, 5.74) is 5.74. The number of likely N-dealkylation sites (N-methyl/N-ethyl adjacent to an activating group) is 1. The summed E-state index contributed by atoms with van der Waals surface area (Å²) in [4.78, 5) is 15.7. The molecule has 0 saturated carbocycles. The average Bonchev–Trinajstić information content (AvgIpc) is 2.43. The second-order valence-electron chi connectivity index (χ2n) is 5.52. The number of hydrogen-bond donors (Lipinski definition) is 1. The van der Waals surface area contributed by atoms with Crippen molar-refractivity contribution >= 4 is 6.03 Å². The van der Waals surface area contributed by atoms with E-state index in [1.807, 2.05) is 30.7 Å². The van der Waals surface area contributed by atoms with Gasteiger partial charge in [-0.15, -0.1) is 0 Å². The maximum atomic E-state index is 11.9. The molecule has 1 unspecified atom stereocenters. The van der Waals surface area contributed by atoms with E-state index in [1.165, 1.54) is 0 Å². The minimum atomic E-state index is -0.193. The Hall–Kier alpha value is -0.770. The molecule has 0 aliphatic carbocycles. The molecular weight excluding hydrogens is 202 g/mol. The molecule has 4 nitrogen and oxygen atoms in total. The van der Waals surface area contributed by atoms with Crippen LogP contribution in [-0.2, 0) is 0 Å². The van der Waals surface area contributed by atoms with Crippen molar-refractivity contribution in [2.24, 2.45) is 5.73 Å². The Balaban J connectivity index is 2.48. The highest BCUT2D eigenvalue weighted by Crippen LogP contribution is 2.19. The van der Waals surface area contributed by atoms with Crippen LogP contribution in [0.3, 0.4) is 0 Å². The van der Waals surface area contributed by atoms with Crippen molar-refractivity contribution in [2.75, 3.05) is 20.1 Å². The SMILES string of the molecule is CCCC1CN(CCC(C)(C)N)C(=O)N1C. The Bertz CT molecular complexity index is 247. The van der Waals surface area contributed by atoms with Crippen LogP contribution in [0.4, 0.5) is 4.79 Å². The smallest absolute Gasteiger partial charge is 0.320 e. The van der Waals surface area contributed by atoms with Gasteiger partial charge in [-0.3, -0.25) is 0 Å². The zero-order valence-corrected chi connectivity index (χ0v) is 11.0. The number of amides is 2. The second kappa shape index (κ2) is 5.04. The molecule has 1 rings (SSSR count). The van der Waals surface area contributed by atoms with Gasteiger partial charge in [-0.05, 0) is 26.7 Å². The van der Waals surface area contributed by atoms with Crippen LogP contribution in [0.1, 0.15) is 40.0 Å². The van der Waals surface area contributed by atoms with Crippen LogP contribution in [0, 0.1) is 0 Å². The molecule has 1 fully saturated rings. The van der Waals surface area contributed by atoms with Crippen LogP contribution in [0.25, 0.3) is 0 Å². The Labute approximate surface area is 98.8 Å². The van der Waals surface area contributed by atoms with Gasteiger partial charge in [-0.25, -0.2) is 4.79 Å². The minimum Gasteiger partial charge on any atom is -0.325 e. The maximum Gasteiger partial charge on any atom is 0.320 e. The van der Waals surface area contributed by atoms with E-state index >= 15 is 0 Å². The highest BCUT2D eigenvalue weighted by Gasteiger charge is 2.33. The van der Waals surface area contributed by atoms with E-state index in [4.69, 9.17) is 5.73 Å². The predicted octanol–water partition coefficient (Wildman–Crippen LogP) is 1.65. The van der Waals surface area contributed by atoms with Crippen molar-refractivity contribution in [1.29, 1.82) is 0 Å². The molecule has 0 aromatic carbocycles. The maximum absolute atomic E-state index is 11.9. The lowest BCUT2D eigenvalue weighted by Gasteiger charge is -2.22. The second-order valence-corrected chi connectivity index (χ2v) is 5.52. The fourth-order valence-electron chi connectivity index (χ4n) is 2.06. The fraction of sp³-hybridized carbons (Fsp3) is 0.917. The number of rotatable bonds is 5. The number of carbonyl (C=O) groups is 1. The van der Waals surface area contributed by atoms with E-state index in [-0.39, 0.29) is 11.6 Å². The Morgan fingerprint density at radius 2 is 2.12 bits per heavy atom. The molecule has 94 valence electrons. The molecule has 1 aliphatic rings. The van der Waals surface area contributed by atoms with Crippen LogP contribution in [0.15, 0.2) is 0 Å². The third-order valence-corrected chi connectivity index (χ3v) is 3.20. The topological polar surface area (TPSA) is 49.6 Å². The van der Waals surface area contributed by atoms with Crippen LogP contribution in [-0.4, -0.2) is 47.5 Å². The predicted molar refractivity (Wildman–Crippen MR) is 66.3 cm³/mol. The zero-order chi connectivity index (χ0) is 12.3. The van der Waals surface area contributed by atoms with Gasteiger partial charge < -0.3 is 15.5 Å². The number of urea groups is 1. The van der Waals surface area contributed by atoms with Gasteiger partial charge in [0.25, 0.3) is 0 Å². The first kappa shape index (κ1) is 13.3. The van der Waals surface area contributed by atoms with Crippen LogP contribution >= 0.6 is 0 Å². The summed E-state index contributed by atoms with van der Waals surface area (Å²) in [6.45, 7) is 7.79. The van der Waals surface area contributed by atoms with Crippen molar-refractivity contribution < 1.29 is 4.79 Å². The highest BCUT2D eigenvalue weighted by molar-refractivity contribution is 5.76. The van der Waals surface area contributed by atoms with Crippen LogP contribution in [0.5, 0.6) is 0 Å². The Kier molecular flexibility index (Phi) is 4.19. The molecule has 1 atom stereocenters. The molecule has 0 radical (unpaired) electrons. The van der Waals surface area contributed by atoms with Crippen molar-refractivity contribution in [3.63, 3.8) is 0 Å². The van der Waals surface area contributed by atoms with E-state index in [9.17, 15) is 4.79 Å². The first-order chi connectivity index (χ1) is 7.35.